The number of hydrogen-bond acceptors (Lipinski definition) is 6. The number of nitrogens with zero attached hydrogens (tertiary/aromatic N) is 5. The Hall–Kier alpha value is -7.05. The van der Waals surface area contributed by atoms with Crippen LogP contribution in [-0.2, 0) is 30.5 Å². The van der Waals surface area contributed by atoms with Gasteiger partial charge in [-0.25, -0.2) is 13.6 Å². The Morgan fingerprint density at radius 1 is 0.828 bits per heavy atom. The minimum atomic E-state index is -0.926. The molecule has 10 nitrogen and oxygen atoms in total. The van der Waals surface area contributed by atoms with Crippen LogP contribution in [0, 0.1) is 11.6 Å². The number of aromatic nitrogens is 5. The lowest BCUT2D eigenvalue weighted by Crippen LogP contribution is -2.38. The first-order valence-corrected chi connectivity index (χ1v) is 18.6. The summed E-state index contributed by atoms with van der Waals surface area (Å²) in [4.78, 5) is 26.6. The number of halogens is 3. The third-order valence-corrected chi connectivity index (χ3v) is 10.3. The lowest BCUT2D eigenvalue weighted by molar-refractivity contribution is -0.116. The highest BCUT2D eigenvalue weighted by molar-refractivity contribution is 6.31. The number of ether oxygens (including phenoxy) is 2. The average molecular weight is 797 g/mol. The van der Waals surface area contributed by atoms with Crippen LogP contribution in [-0.4, -0.2) is 36.9 Å². The van der Waals surface area contributed by atoms with E-state index in [1.807, 2.05) is 95.6 Å². The van der Waals surface area contributed by atoms with Crippen LogP contribution in [0.1, 0.15) is 22.5 Å². The van der Waals surface area contributed by atoms with Crippen molar-refractivity contribution in [3.8, 4) is 22.6 Å². The normalized spacial score (nSPS) is 11.5. The molecule has 0 aliphatic rings. The van der Waals surface area contributed by atoms with Crippen molar-refractivity contribution < 1.29 is 23.0 Å². The maximum atomic E-state index is 16.4. The summed E-state index contributed by atoms with van der Waals surface area (Å²) in [7, 11) is 2.96. The summed E-state index contributed by atoms with van der Waals surface area (Å²) < 4.78 is 46.3. The highest BCUT2D eigenvalue weighted by Gasteiger charge is 2.40. The number of hydrogen-bond donors (Lipinski definition) is 1. The highest BCUT2D eigenvalue weighted by Crippen LogP contribution is 2.43. The molecular weight excluding hydrogens is 762 g/mol. The molecule has 0 saturated heterocycles. The molecule has 0 unspecified atom stereocenters. The summed E-state index contributed by atoms with van der Waals surface area (Å²) in [6.45, 7) is -0.540. The number of carbonyl (C=O) groups is 1. The van der Waals surface area contributed by atoms with Gasteiger partial charge in [0.1, 0.15) is 30.8 Å². The van der Waals surface area contributed by atoms with E-state index in [0.717, 1.165) is 16.7 Å². The maximum absolute atomic E-state index is 16.4. The lowest BCUT2D eigenvalue weighted by atomic mass is 9.76. The summed E-state index contributed by atoms with van der Waals surface area (Å²) in [5, 5.41) is 11.7. The van der Waals surface area contributed by atoms with E-state index < -0.39 is 28.8 Å². The van der Waals surface area contributed by atoms with Crippen molar-refractivity contribution >= 4 is 34.2 Å². The first kappa shape index (κ1) is 37.9. The molecule has 8 aromatic rings. The van der Waals surface area contributed by atoms with Crippen molar-refractivity contribution in [3.05, 3.63) is 196 Å². The first-order chi connectivity index (χ1) is 28.2. The SMILES string of the molecule is COc1cc(-c2cc(Cl)cc3c2n(C)c(=O)n3CC(=O)Nc2ccc(F)cc2)cc(F)c1OCc1nncn1C(c1ccccc1)(c1ccccc1)c1ccccc1. The van der Waals surface area contributed by atoms with Crippen LogP contribution in [0.15, 0.2) is 151 Å². The molecule has 1 amide bonds. The number of carbonyl (C=O) groups excluding carboxylic acids is 1. The molecule has 290 valence electrons. The minimum absolute atomic E-state index is 0.0812. The fraction of sp³-hybridized carbons (Fsp3) is 0.111. The van der Waals surface area contributed by atoms with Gasteiger partial charge in [-0.15, -0.1) is 10.2 Å². The molecule has 0 aliphatic heterocycles. The zero-order valence-corrected chi connectivity index (χ0v) is 32.0. The molecule has 0 radical (unpaired) electrons. The summed E-state index contributed by atoms with van der Waals surface area (Å²) in [6, 6.07) is 41.3. The number of amides is 1. The van der Waals surface area contributed by atoms with E-state index in [0.29, 0.717) is 33.7 Å². The van der Waals surface area contributed by atoms with Crippen LogP contribution >= 0.6 is 11.6 Å². The fourth-order valence-electron chi connectivity index (χ4n) is 7.52. The lowest BCUT2D eigenvalue weighted by Gasteiger charge is -2.38. The van der Waals surface area contributed by atoms with Gasteiger partial charge in [-0.1, -0.05) is 103 Å². The van der Waals surface area contributed by atoms with Crippen LogP contribution in [0.4, 0.5) is 14.5 Å². The number of rotatable bonds is 12. The molecule has 0 atom stereocenters. The molecule has 0 fully saturated rings. The molecular formula is C45H35ClF2N6O4. The van der Waals surface area contributed by atoms with E-state index in [-0.39, 0.29) is 29.7 Å². The van der Waals surface area contributed by atoms with Gasteiger partial charge in [0.15, 0.2) is 23.1 Å². The topological polar surface area (TPSA) is 105 Å². The van der Waals surface area contributed by atoms with Crippen molar-refractivity contribution in [2.24, 2.45) is 7.05 Å². The number of anilines is 1. The summed E-state index contributed by atoms with van der Waals surface area (Å²) >= 11 is 6.60. The molecule has 8 rings (SSSR count). The number of nitrogens with one attached hydrogen (secondary N) is 1. The molecule has 6 aromatic carbocycles. The third-order valence-electron chi connectivity index (χ3n) is 10.1. The Morgan fingerprint density at radius 3 is 2.02 bits per heavy atom. The monoisotopic (exact) mass is 796 g/mol. The number of aryl methyl sites for hydroxylation is 1. The molecule has 2 heterocycles. The molecule has 58 heavy (non-hydrogen) atoms. The third kappa shape index (κ3) is 6.87. The van der Waals surface area contributed by atoms with E-state index in [1.165, 1.54) is 46.6 Å². The van der Waals surface area contributed by atoms with Gasteiger partial charge in [0.25, 0.3) is 0 Å². The molecule has 0 saturated carbocycles. The van der Waals surface area contributed by atoms with E-state index in [2.05, 4.69) is 15.5 Å². The van der Waals surface area contributed by atoms with Gasteiger partial charge in [0.2, 0.25) is 5.91 Å². The standard InChI is InChI=1S/C45H35ClF2N6O4/c1-52-42-36(24-33(46)25-38(42)53(44(52)56)26-41(55)50-35-20-18-34(47)19-21-35)29-22-37(48)43(39(23-29)57-2)58-27-40-51-49-28-54(40)45(30-12-6-3-7-13-30,31-14-8-4-9-15-31)32-16-10-5-11-17-32/h3-25,28H,26-27H2,1-2H3,(H,50,55). The zero-order chi connectivity index (χ0) is 40.4. The van der Waals surface area contributed by atoms with Crippen LogP contribution in [0.25, 0.3) is 22.2 Å². The van der Waals surface area contributed by atoms with E-state index in [1.54, 1.807) is 31.6 Å². The Morgan fingerprint density at radius 2 is 1.43 bits per heavy atom. The average Bonchev–Trinajstić information content (AvgIpc) is 3.80. The van der Waals surface area contributed by atoms with Gasteiger partial charge >= 0.3 is 5.69 Å². The first-order valence-electron chi connectivity index (χ1n) is 18.2. The quantitative estimate of drug-likeness (QED) is 0.124. The second-order valence-electron chi connectivity index (χ2n) is 13.5. The van der Waals surface area contributed by atoms with Crippen LogP contribution in [0.2, 0.25) is 5.02 Å². The predicted molar refractivity (Wildman–Crippen MR) is 218 cm³/mol. The van der Waals surface area contributed by atoms with Gasteiger partial charge in [-0.2, -0.15) is 0 Å². The molecule has 2 aromatic heterocycles. The Kier molecular flexibility index (Phi) is 10.3. The van der Waals surface area contributed by atoms with Crippen molar-refractivity contribution in [1.29, 1.82) is 0 Å². The fourth-order valence-corrected chi connectivity index (χ4v) is 7.73. The van der Waals surface area contributed by atoms with E-state index in [4.69, 9.17) is 21.1 Å². The van der Waals surface area contributed by atoms with Crippen molar-refractivity contribution in [2.75, 3.05) is 12.4 Å². The number of methoxy groups -OCH3 is 1. The second kappa shape index (κ2) is 15.8. The number of imidazole rings is 1. The molecule has 0 bridgehead atoms. The second-order valence-corrected chi connectivity index (χ2v) is 13.9. The van der Waals surface area contributed by atoms with Gasteiger partial charge in [-0.05, 0) is 70.8 Å². The maximum Gasteiger partial charge on any atom is 0.329 e. The highest BCUT2D eigenvalue weighted by atomic mass is 35.5. The summed E-state index contributed by atoms with van der Waals surface area (Å²) in [5.41, 5.74) is 3.31. The Balaban J connectivity index is 1.15. The van der Waals surface area contributed by atoms with Crippen molar-refractivity contribution in [2.45, 2.75) is 18.7 Å². The Labute approximate surface area is 336 Å². The zero-order valence-electron chi connectivity index (χ0n) is 31.3. The predicted octanol–water partition coefficient (Wildman–Crippen LogP) is 8.60. The number of fused-ring (bicyclic) bond motifs is 1. The largest absolute Gasteiger partial charge is 0.493 e. The molecule has 1 N–H and O–H groups in total. The van der Waals surface area contributed by atoms with Gasteiger partial charge < -0.3 is 14.8 Å². The van der Waals surface area contributed by atoms with Gasteiger partial charge in [0.05, 0.1) is 18.1 Å². The van der Waals surface area contributed by atoms with Crippen LogP contribution in [0.3, 0.4) is 0 Å². The number of benzene rings is 6. The smallest absolute Gasteiger partial charge is 0.329 e. The summed E-state index contributed by atoms with van der Waals surface area (Å²) in [5.74, 6) is -1.36. The van der Waals surface area contributed by atoms with Crippen molar-refractivity contribution in [3.63, 3.8) is 0 Å². The van der Waals surface area contributed by atoms with Gasteiger partial charge in [0, 0.05) is 23.3 Å². The van der Waals surface area contributed by atoms with E-state index >= 15 is 4.39 Å². The van der Waals surface area contributed by atoms with Crippen LogP contribution in [0.5, 0.6) is 11.5 Å². The van der Waals surface area contributed by atoms with E-state index in [9.17, 15) is 14.0 Å². The molecule has 13 heteroatoms. The van der Waals surface area contributed by atoms with Crippen molar-refractivity contribution in [1.82, 2.24) is 23.9 Å². The molecule has 0 aliphatic carbocycles. The summed E-state index contributed by atoms with van der Waals surface area (Å²) in [6.07, 6.45) is 1.65. The van der Waals surface area contributed by atoms with Gasteiger partial charge in [-0.3, -0.25) is 18.5 Å². The Bertz CT molecular complexity index is 2710. The molecule has 0 spiro atoms. The minimum Gasteiger partial charge on any atom is -0.493 e. The van der Waals surface area contributed by atoms with Crippen LogP contribution < -0.4 is 20.5 Å².